The molecule has 0 saturated carbocycles. The summed E-state index contributed by atoms with van der Waals surface area (Å²) >= 11 is 0. The van der Waals surface area contributed by atoms with Crippen LogP contribution in [0.15, 0.2) is 5.57 Å². The van der Waals surface area contributed by atoms with Crippen LogP contribution >= 0.6 is 0 Å². The van der Waals surface area contributed by atoms with Gasteiger partial charge in [0.25, 0.3) is 0 Å². The molecule has 2 aromatic carbocycles. The van der Waals surface area contributed by atoms with Crippen molar-refractivity contribution in [3.05, 3.63) is 39.0 Å². The lowest BCUT2D eigenvalue weighted by Gasteiger charge is -2.41. The number of aryl methyl sites for hydroxylation is 2. The van der Waals surface area contributed by atoms with Crippen molar-refractivity contribution in [3.8, 4) is 5.75 Å². The molecule has 4 rings (SSSR count). The van der Waals surface area contributed by atoms with E-state index >= 15 is 0 Å². The van der Waals surface area contributed by atoms with Crippen LogP contribution in [0.4, 0.5) is 5.69 Å². The van der Waals surface area contributed by atoms with Crippen LogP contribution in [0.5, 0.6) is 5.75 Å². The Labute approximate surface area is 151 Å². The van der Waals surface area contributed by atoms with Crippen molar-refractivity contribution < 1.29 is 4.74 Å². The second-order valence-electron chi connectivity index (χ2n) is 8.50. The van der Waals surface area contributed by atoms with E-state index in [-0.39, 0.29) is 5.60 Å². The fraction of sp³-hybridized carbons (Fsp3) is 0.478. The largest absolute Gasteiger partial charge is 0.482 e. The normalized spacial score (nSPS) is 18.0. The molecule has 0 unspecified atom stereocenters. The summed E-state index contributed by atoms with van der Waals surface area (Å²) in [5.41, 5.74) is 12.2. The third kappa shape index (κ3) is 1.86. The molecule has 0 fully saturated rings. The molecule has 0 aliphatic carbocycles. The number of nitrogens with zero attached hydrogens (tertiary/aromatic N) is 1. The zero-order chi connectivity index (χ0) is 18.4. The van der Waals surface area contributed by atoms with E-state index < -0.39 is 0 Å². The van der Waals surface area contributed by atoms with Crippen LogP contribution in [0.3, 0.4) is 0 Å². The average molecular weight is 335 g/mol. The van der Waals surface area contributed by atoms with E-state index in [2.05, 4.69) is 67.3 Å². The lowest BCUT2D eigenvalue weighted by molar-refractivity contribution is 0.146. The molecular weight excluding hydrogens is 306 g/mol. The molecule has 132 valence electrons. The molecule has 2 aromatic rings. The maximum atomic E-state index is 6.67. The molecule has 0 spiro atoms. The summed E-state index contributed by atoms with van der Waals surface area (Å²) in [6, 6.07) is 0. The molecule has 0 aromatic heterocycles. The minimum Gasteiger partial charge on any atom is -0.482 e. The van der Waals surface area contributed by atoms with Gasteiger partial charge in [-0.3, -0.25) is 0 Å². The predicted molar refractivity (Wildman–Crippen MR) is 108 cm³/mol. The van der Waals surface area contributed by atoms with Crippen molar-refractivity contribution in [1.29, 1.82) is 0 Å². The lowest BCUT2D eigenvalue weighted by atomic mass is 9.79. The van der Waals surface area contributed by atoms with Gasteiger partial charge in [0.1, 0.15) is 11.4 Å². The van der Waals surface area contributed by atoms with Crippen LogP contribution in [-0.2, 0) is 6.54 Å². The second kappa shape index (κ2) is 4.81. The standard InChI is InChI=1S/C23H29NO/c1-11-12(2)19-15(5)16(6)23(7,8)25-22(19)20-17-10-24(9)21(17)14(4)13(3)18(11)20/h10H2,1-9H3. The summed E-state index contributed by atoms with van der Waals surface area (Å²) in [6.45, 7) is 18.9. The van der Waals surface area contributed by atoms with E-state index in [1.54, 1.807) is 0 Å². The zero-order valence-corrected chi connectivity index (χ0v) is 17.1. The average Bonchev–Trinajstić information content (AvgIpc) is 2.52. The van der Waals surface area contributed by atoms with E-state index in [0.717, 1.165) is 12.3 Å². The van der Waals surface area contributed by atoms with Gasteiger partial charge in [0.05, 0.1) is 0 Å². The van der Waals surface area contributed by atoms with Crippen molar-refractivity contribution in [2.45, 2.75) is 67.5 Å². The van der Waals surface area contributed by atoms with E-state index in [9.17, 15) is 0 Å². The topological polar surface area (TPSA) is 12.5 Å². The molecule has 2 heteroatoms. The van der Waals surface area contributed by atoms with Gasteiger partial charge in [0, 0.05) is 35.8 Å². The number of hydrogen-bond acceptors (Lipinski definition) is 2. The summed E-state index contributed by atoms with van der Waals surface area (Å²) in [7, 11) is 2.19. The first-order valence-electron chi connectivity index (χ1n) is 9.25. The molecule has 2 heterocycles. The van der Waals surface area contributed by atoms with Crippen molar-refractivity contribution in [2.24, 2.45) is 0 Å². The fourth-order valence-electron chi connectivity index (χ4n) is 4.86. The van der Waals surface area contributed by atoms with Gasteiger partial charge in [-0.15, -0.1) is 0 Å². The number of allylic oxidation sites excluding steroid dienone is 1. The predicted octanol–water partition coefficient (Wildman–Crippen LogP) is 5.99. The Balaban J connectivity index is 2.26. The van der Waals surface area contributed by atoms with Gasteiger partial charge in [-0.2, -0.15) is 0 Å². The molecule has 2 nitrogen and oxygen atoms in total. The number of rotatable bonds is 0. The minimum atomic E-state index is -0.257. The first-order valence-corrected chi connectivity index (χ1v) is 9.25. The van der Waals surface area contributed by atoms with Crippen LogP contribution in [0.1, 0.15) is 61.1 Å². The maximum absolute atomic E-state index is 6.67. The third-order valence-electron chi connectivity index (χ3n) is 6.87. The van der Waals surface area contributed by atoms with Crippen LogP contribution < -0.4 is 9.64 Å². The van der Waals surface area contributed by atoms with E-state index in [1.807, 2.05) is 0 Å². The summed E-state index contributed by atoms with van der Waals surface area (Å²) in [5.74, 6) is 1.11. The Kier molecular flexibility index (Phi) is 3.18. The molecule has 2 aliphatic heterocycles. The van der Waals surface area contributed by atoms with Crippen LogP contribution in [0.25, 0.3) is 16.3 Å². The minimum absolute atomic E-state index is 0.257. The van der Waals surface area contributed by atoms with Gasteiger partial charge in [0.15, 0.2) is 0 Å². The van der Waals surface area contributed by atoms with Gasteiger partial charge in [0.2, 0.25) is 0 Å². The first kappa shape index (κ1) is 16.5. The number of ether oxygens (including phenoxy) is 1. The Morgan fingerprint density at radius 1 is 0.840 bits per heavy atom. The first-order chi connectivity index (χ1) is 11.6. The van der Waals surface area contributed by atoms with Crippen molar-refractivity contribution >= 4 is 22.0 Å². The van der Waals surface area contributed by atoms with Crippen LogP contribution in [0, 0.1) is 27.7 Å². The second-order valence-corrected chi connectivity index (χ2v) is 8.50. The van der Waals surface area contributed by atoms with E-state index in [0.29, 0.717) is 0 Å². The Bertz CT molecular complexity index is 992. The van der Waals surface area contributed by atoms with Crippen LogP contribution in [-0.4, -0.2) is 12.6 Å². The number of hydrogen-bond donors (Lipinski definition) is 0. The SMILES string of the molecule is CC1=C(C)C(C)(C)Oc2c1c(C)c(C)c1c(C)c(C)c3c(c21)CN3C. The smallest absolute Gasteiger partial charge is 0.136 e. The van der Waals surface area contributed by atoms with E-state index in [4.69, 9.17) is 4.74 Å². The number of fused-ring (bicyclic) bond motifs is 5. The molecule has 2 aliphatic rings. The quantitative estimate of drug-likeness (QED) is 0.586. The molecular formula is C23H29NO. The van der Waals surface area contributed by atoms with Gasteiger partial charge in [-0.1, -0.05) is 0 Å². The highest BCUT2D eigenvalue weighted by Crippen LogP contribution is 2.53. The van der Waals surface area contributed by atoms with Gasteiger partial charge >= 0.3 is 0 Å². The number of benzene rings is 2. The fourth-order valence-corrected chi connectivity index (χ4v) is 4.86. The van der Waals surface area contributed by atoms with Crippen LogP contribution in [0.2, 0.25) is 0 Å². The van der Waals surface area contributed by atoms with Gasteiger partial charge < -0.3 is 9.64 Å². The van der Waals surface area contributed by atoms with Gasteiger partial charge in [-0.25, -0.2) is 0 Å². The Hall–Kier alpha value is -1.96. The summed E-state index contributed by atoms with van der Waals surface area (Å²) in [5, 5.41) is 2.76. The molecule has 0 radical (unpaired) electrons. The highest BCUT2D eigenvalue weighted by molar-refractivity contribution is 6.06. The Morgan fingerprint density at radius 3 is 2.04 bits per heavy atom. The lowest BCUT2D eigenvalue weighted by Crippen LogP contribution is -2.35. The summed E-state index contributed by atoms with van der Waals surface area (Å²) in [4.78, 5) is 2.36. The van der Waals surface area contributed by atoms with E-state index in [1.165, 1.54) is 61.0 Å². The van der Waals surface area contributed by atoms with Crippen molar-refractivity contribution in [1.82, 2.24) is 0 Å². The molecule has 0 bridgehead atoms. The highest BCUT2D eigenvalue weighted by atomic mass is 16.5. The third-order valence-corrected chi connectivity index (χ3v) is 6.87. The van der Waals surface area contributed by atoms with Gasteiger partial charge in [-0.05, 0) is 94.2 Å². The molecule has 25 heavy (non-hydrogen) atoms. The summed E-state index contributed by atoms with van der Waals surface area (Å²) in [6.07, 6.45) is 0. The zero-order valence-electron chi connectivity index (χ0n) is 17.1. The maximum Gasteiger partial charge on any atom is 0.136 e. The highest BCUT2D eigenvalue weighted by Gasteiger charge is 2.37. The van der Waals surface area contributed by atoms with Crippen molar-refractivity contribution in [3.63, 3.8) is 0 Å². The molecule has 0 atom stereocenters. The molecule has 0 N–H and O–H groups in total. The van der Waals surface area contributed by atoms with Crippen molar-refractivity contribution in [2.75, 3.05) is 11.9 Å². The Morgan fingerprint density at radius 2 is 1.44 bits per heavy atom. The molecule has 0 saturated heterocycles. The number of anilines is 1. The molecule has 0 amide bonds. The summed E-state index contributed by atoms with van der Waals surface area (Å²) < 4.78 is 6.67. The monoisotopic (exact) mass is 335 g/mol.